The second-order valence-corrected chi connectivity index (χ2v) is 6.91. The van der Waals surface area contributed by atoms with Crippen molar-refractivity contribution in [1.29, 1.82) is 0 Å². The van der Waals surface area contributed by atoms with Gasteiger partial charge in [-0.3, -0.25) is 9.89 Å². The lowest BCUT2D eigenvalue weighted by molar-refractivity contribution is -0.133. The number of nitrogens with two attached hydrogens (primary N) is 1. The minimum absolute atomic E-state index is 0.0779. The van der Waals surface area contributed by atoms with E-state index in [1.165, 1.54) is 6.20 Å². The number of aliphatic hydroxyl groups excluding tert-OH is 1. The molecular weight excluding hydrogens is 382 g/mol. The normalized spacial score (nSPS) is 17.0. The average Bonchev–Trinajstić information content (AvgIpc) is 2.68. The molecule has 1 fully saturated rings. The van der Waals surface area contributed by atoms with Crippen molar-refractivity contribution in [3.8, 4) is 0 Å². The molecule has 0 aliphatic carbocycles. The fourth-order valence-corrected chi connectivity index (χ4v) is 3.06. The molecule has 4 N–H and O–H groups in total. The number of benzene rings is 1. The van der Waals surface area contributed by atoms with Crippen LogP contribution in [-0.4, -0.2) is 66.7 Å². The van der Waals surface area contributed by atoms with Crippen molar-refractivity contribution in [2.24, 2.45) is 10.7 Å². The Morgan fingerprint density at radius 3 is 2.79 bits per heavy atom. The Kier molecular flexibility index (Phi) is 8.66. The predicted octanol–water partition coefficient (Wildman–Crippen LogP) is 2.11. The van der Waals surface area contributed by atoms with E-state index in [9.17, 15) is 9.90 Å². The van der Waals surface area contributed by atoms with Crippen molar-refractivity contribution >= 4 is 29.4 Å². The average molecular weight is 408 g/mol. The molecule has 0 amide bonds. The van der Waals surface area contributed by atoms with E-state index < -0.39 is 12.1 Å². The van der Waals surface area contributed by atoms with Crippen LogP contribution in [-0.2, 0) is 9.53 Å². The molecule has 1 aromatic rings. The summed E-state index contributed by atoms with van der Waals surface area (Å²) >= 11 is 6.12. The van der Waals surface area contributed by atoms with Gasteiger partial charge in [0.1, 0.15) is 0 Å². The molecule has 0 aromatic heterocycles. The molecule has 1 aliphatic heterocycles. The van der Waals surface area contributed by atoms with E-state index in [2.05, 4.69) is 16.5 Å². The van der Waals surface area contributed by atoms with Crippen LogP contribution >= 0.6 is 11.6 Å². The first-order valence-electron chi connectivity index (χ1n) is 9.03. The number of hydrogen-bond acceptors (Lipinski definition) is 6. The van der Waals surface area contributed by atoms with Crippen LogP contribution in [0.15, 0.2) is 41.5 Å². The van der Waals surface area contributed by atoms with Gasteiger partial charge in [-0.05, 0) is 23.3 Å². The van der Waals surface area contributed by atoms with Gasteiger partial charge in [0.15, 0.2) is 0 Å². The van der Waals surface area contributed by atoms with Gasteiger partial charge in [0.2, 0.25) is 0 Å². The number of carboxylic acid groups (broad SMARTS) is 1. The molecule has 1 saturated heterocycles. The zero-order valence-corrected chi connectivity index (χ0v) is 16.4. The van der Waals surface area contributed by atoms with E-state index in [1.807, 2.05) is 0 Å². The summed E-state index contributed by atoms with van der Waals surface area (Å²) in [6, 6.07) is 4.97. The highest BCUT2D eigenvalue weighted by atomic mass is 35.5. The molecule has 152 valence electrons. The summed E-state index contributed by atoms with van der Waals surface area (Å²) in [6.07, 6.45) is 1.89. The third-order valence-electron chi connectivity index (χ3n) is 4.49. The fraction of sp³-hybridized carbons (Fsp3) is 0.400. The van der Waals surface area contributed by atoms with E-state index in [4.69, 9.17) is 27.2 Å². The lowest BCUT2D eigenvalue weighted by atomic mass is 9.94. The number of morpholine rings is 1. The van der Waals surface area contributed by atoms with Gasteiger partial charge >= 0.3 is 5.97 Å². The van der Waals surface area contributed by atoms with Gasteiger partial charge in [-0.1, -0.05) is 24.2 Å². The minimum atomic E-state index is -1.14. The van der Waals surface area contributed by atoms with Crippen LogP contribution in [0.5, 0.6) is 0 Å². The summed E-state index contributed by atoms with van der Waals surface area (Å²) in [6.45, 7) is 8.17. The van der Waals surface area contributed by atoms with Gasteiger partial charge in [0.05, 0.1) is 25.9 Å². The smallest absolute Gasteiger partial charge is 0.331 e. The topological polar surface area (TPSA) is 108 Å². The first-order valence-corrected chi connectivity index (χ1v) is 9.41. The summed E-state index contributed by atoms with van der Waals surface area (Å²) in [5, 5.41) is 20.0. The van der Waals surface area contributed by atoms with Crippen LogP contribution in [0, 0.1) is 0 Å². The number of hydrogen-bond donors (Lipinski definition) is 3. The van der Waals surface area contributed by atoms with Gasteiger partial charge in [-0.25, -0.2) is 4.79 Å². The number of nitrogens with zero attached hydrogens (tertiary/aromatic N) is 2. The number of allylic oxidation sites excluding steroid dienone is 1. The highest BCUT2D eigenvalue weighted by Crippen LogP contribution is 2.30. The number of carboxylic acids is 1. The number of aliphatic carboxylic acids is 1. The van der Waals surface area contributed by atoms with Gasteiger partial charge in [0, 0.05) is 54.6 Å². The Balaban J connectivity index is 2.11. The van der Waals surface area contributed by atoms with Crippen LogP contribution in [0.3, 0.4) is 0 Å². The number of halogens is 1. The summed E-state index contributed by atoms with van der Waals surface area (Å²) < 4.78 is 5.32. The molecule has 2 rings (SSSR count). The van der Waals surface area contributed by atoms with Crippen molar-refractivity contribution in [2.45, 2.75) is 12.5 Å². The second-order valence-electron chi connectivity index (χ2n) is 6.47. The molecule has 1 heterocycles. The van der Waals surface area contributed by atoms with Gasteiger partial charge < -0.3 is 20.7 Å². The third-order valence-corrected chi connectivity index (χ3v) is 4.72. The van der Waals surface area contributed by atoms with E-state index in [-0.39, 0.29) is 12.0 Å². The Hall–Kier alpha value is -2.19. The van der Waals surface area contributed by atoms with Crippen molar-refractivity contribution in [1.82, 2.24) is 4.90 Å². The van der Waals surface area contributed by atoms with Crippen molar-refractivity contribution in [3.63, 3.8) is 0 Å². The quantitative estimate of drug-likeness (QED) is 0.427. The summed E-state index contributed by atoms with van der Waals surface area (Å²) in [5.41, 5.74) is 7.42. The Bertz CT molecular complexity index is 758. The van der Waals surface area contributed by atoms with Crippen molar-refractivity contribution in [3.05, 3.63) is 52.7 Å². The lowest BCUT2D eigenvalue weighted by Gasteiger charge is -2.25. The third kappa shape index (κ3) is 6.45. The number of rotatable bonds is 9. The van der Waals surface area contributed by atoms with E-state index in [0.29, 0.717) is 28.3 Å². The zero-order chi connectivity index (χ0) is 20.5. The van der Waals surface area contributed by atoms with Crippen LogP contribution in [0.1, 0.15) is 23.7 Å². The van der Waals surface area contributed by atoms with Gasteiger partial charge in [0.25, 0.3) is 0 Å². The molecule has 28 heavy (non-hydrogen) atoms. The Morgan fingerprint density at radius 1 is 1.43 bits per heavy atom. The maximum absolute atomic E-state index is 11.0. The van der Waals surface area contributed by atoms with Crippen molar-refractivity contribution < 1.29 is 19.7 Å². The van der Waals surface area contributed by atoms with Crippen LogP contribution in [0.2, 0.25) is 5.02 Å². The lowest BCUT2D eigenvalue weighted by Crippen LogP contribution is -2.37. The molecule has 0 radical (unpaired) electrons. The number of carbonyl (C=O) groups is 1. The monoisotopic (exact) mass is 407 g/mol. The second kappa shape index (κ2) is 11.0. The number of ether oxygens (including phenoxy) is 1. The maximum atomic E-state index is 11.0. The number of aliphatic imine (C=N–C) groups is 1. The van der Waals surface area contributed by atoms with E-state index in [0.717, 1.165) is 32.8 Å². The molecule has 8 heteroatoms. The molecule has 1 atom stereocenters. The highest BCUT2D eigenvalue weighted by molar-refractivity contribution is 6.31. The molecule has 1 aromatic carbocycles. The summed E-state index contributed by atoms with van der Waals surface area (Å²) in [5.74, 6) is -1.14. The Labute approximate surface area is 169 Å². The van der Waals surface area contributed by atoms with Gasteiger partial charge in [-0.15, -0.1) is 0 Å². The number of aliphatic hydroxyl groups is 1. The fourth-order valence-electron chi connectivity index (χ4n) is 2.89. The molecule has 0 bridgehead atoms. The van der Waals surface area contributed by atoms with E-state index >= 15 is 0 Å². The summed E-state index contributed by atoms with van der Waals surface area (Å²) in [4.78, 5) is 17.7. The van der Waals surface area contributed by atoms with Crippen LogP contribution in [0.4, 0.5) is 0 Å². The minimum Gasteiger partial charge on any atom is -0.478 e. The molecule has 1 unspecified atom stereocenters. The molecule has 0 spiro atoms. The Morgan fingerprint density at radius 2 is 2.14 bits per heavy atom. The first kappa shape index (κ1) is 22.1. The summed E-state index contributed by atoms with van der Waals surface area (Å²) in [7, 11) is 0. The van der Waals surface area contributed by atoms with Crippen molar-refractivity contribution in [2.75, 3.05) is 39.4 Å². The first-order chi connectivity index (χ1) is 13.4. The van der Waals surface area contributed by atoms with E-state index in [1.54, 1.807) is 24.4 Å². The standard InChI is InChI=1S/C20H26ClN3O4/c1-14(20(26)27)10-19(25)17-3-2-16(21)11-18(17)15(12-22)13-23-4-5-24-6-8-28-9-7-24/h2-3,11-13,19,25H,1,4-10,22H2,(H,26,27)/b15-12+,23-13?. The zero-order valence-electron chi connectivity index (χ0n) is 15.7. The molecular formula is C20H26ClN3O4. The largest absolute Gasteiger partial charge is 0.478 e. The van der Waals surface area contributed by atoms with Crippen LogP contribution in [0.25, 0.3) is 5.57 Å². The predicted molar refractivity (Wildman–Crippen MR) is 111 cm³/mol. The highest BCUT2D eigenvalue weighted by Gasteiger charge is 2.18. The maximum Gasteiger partial charge on any atom is 0.331 e. The SMILES string of the molecule is C=C(CC(O)c1ccc(Cl)cc1/C(C=NCCN1CCOCC1)=C/N)C(=O)O. The van der Waals surface area contributed by atoms with Crippen LogP contribution < -0.4 is 5.73 Å². The van der Waals surface area contributed by atoms with Gasteiger partial charge in [-0.2, -0.15) is 0 Å². The molecule has 0 saturated carbocycles. The molecule has 7 nitrogen and oxygen atoms in total. The molecule has 1 aliphatic rings.